The lowest BCUT2D eigenvalue weighted by molar-refractivity contribution is -0.143. The molecule has 0 aliphatic heterocycles. The molecule has 0 fully saturated rings. The maximum Gasteiger partial charge on any atom is 0.305 e. The van der Waals surface area contributed by atoms with Crippen LogP contribution in [0.5, 0.6) is 0 Å². The molecule has 456 valence electrons. The summed E-state index contributed by atoms with van der Waals surface area (Å²) in [5, 5.41) is 23.2. The second kappa shape index (κ2) is 66.8. The summed E-state index contributed by atoms with van der Waals surface area (Å²) in [6.45, 7) is 4.93. The maximum atomic E-state index is 12.5. The van der Waals surface area contributed by atoms with E-state index in [0.29, 0.717) is 19.4 Å². The zero-order valence-electron chi connectivity index (χ0n) is 52.2. The molecule has 0 rings (SSSR count). The van der Waals surface area contributed by atoms with Gasteiger partial charge in [-0.2, -0.15) is 0 Å². The number of aliphatic hydroxyl groups excluding tert-OH is 2. The van der Waals surface area contributed by atoms with Crippen LogP contribution in [-0.2, 0) is 14.3 Å². The largest absolute Gasteiger partial charge is 0.466 e. The first-order valence-electron chi connectivity index (χ1n) is 35.1. The van der Waals surface area contributed by atoms with E-state index >= 15 is 0 Å². The van der Waals surface area contributed by atoms with Crippen LogP contribution in [0.4, 0.5) is 0 Å². The highest BCUT2D eigenvalue weighted by molar-refractivity contribution is 5.76. The average molecular weight is 1080 g/mol. The van der Waals surface area contributed by atoms with Crippen LogP contribution in [0.15, 0.2) is 24.3 Å². The zero-order valence-corrected chi connectivity index (χ0v) is 52.2. The fraction of sp³-hybridized carbons (Fsp3) is 0.915. The van der Waals surface area contributed by atoms with Crippen molar-refractivity contribution in [3.8, 4) is 0 Å². The summed E-state index contributed by atoms with van der Waals surface area (Å²) in [6, 6.07) is -0.626. The van der Waals surface area contributed by atoms with Crippen LogP contribution in [0.2, 0.25) is 0 Å². The van der Waals surface area contributed by atoms with Crippen molar-refractivity contribution in [3.63, 3.8) is 0 Å². The van der Waals surface area contributed by atoms with Crippen molar-refractivity contribution < 1.29 is 24.5 Å². The molecule has 0 bridgehead atoms. The van der Waals surface area contributed by atoms with Crippen LogP contribution >= 0.6 is 0 Å². The minimum Gasteiger partial charge on any atom is -0.466 e. The highest BCUT2D eigenvalue weighted by atomic mass is 16.5. The lowest BCUT2D eigenvalue weighted by Gasteiger charge is -2.20. The summed E-state index contributed by atoms with van der Waals surface area (Å²) in [5.74, 6) is -0.0512. The molecule has 0 radical (unpaired) electrons. The zero-order chi connectivity index (χ0) is 55.7. The molecule has 0 heterocycles. The number of unbranched alkanes of at least 4 members (excludes halogenated alkanes) is 53. The highest BCUT2D eigenvalue weighted by Gasteiger charge is 2.18. The number of allylic oxidation sites excluding steroid dienone is 3. The Hall–Kier alpha value is -1.66. The van der Waals surface area contributed by atoms with E-state index in [1.54, 1.807) is 6.08 Å². The molecular weight excluding hydrogens is 947 g/mol. The summed E-state index contributed by atoms with van der Waals surface area (Å²) >= 11 is 0. The van der Waals surface area contributed by atoms with Gasteiger partial charge in [-0.25, -0.2) is 0 Å². The van der Waals surface area contributed by atoms with Crippen molar-refractivity contribution in [1.29, 1.82) is 0 Å². The van der Waals surface area contributed by atoms with Gasteiger partial charge in [-0.05, 0) is 57.8 Å². The molecule has 0 aromatic rings. The molecule has 1 amide bonds. The van der Waals surface area contributed by atoms with Gasteiger partial charge in [0.1, 0.15) is 0 Å². The Bertz CT molecular complexity index is 1200. The van der Waals surface area contributed by atoms with Gasteiger partial charge >= 0.3 is 5.97 Å². The standard InChI is InChI=1S/C71H137NO5/c1-3-5-7-9-11-13-15-17-19-32-35-39-43-47-51-55-59-63-69(74)68(67-73)72-70(75)64-60-56-52-48-44-40-36-33-30-28-26-24-22-21-23-25-27-29-31-34-38-42-46-50-54-58-62-66-77-71(76)65-61-57-53-49-45-41-37-20-18-16-14-12-10-8-6-4-2/h20,37,59,63,68-69,73-74H,3-19,21-36,38-58,60-62,64-67H2,1-2H3,(H,72,75)/b37-20-,63-59+. The van der Waals surface area contributed by atoms with E-state index in [9.17, 15) is 19.8 Å². The second-order valence-electron chi connectivity index (χ2n) is 24.2. The Labute approximate surface area is 481 Å². The van der Waals surface area contributed by atoms with Crippen molar-refractivity contribution in [1.82, 2.24) is 5.32 Å². The third kappa shape index (κ3) is 63.4. The highest BCUT2D eigenvalue weighted by Crippen LogP contribution is 2.19. The van der Waals surface area contributed by atoms with Gasteiger partial charge in [-0.3, -0.25) is 9.59 Å². The van der Waals surface area contributed by atoms with Gasteiger partial charge in [-0.15, -0.1) is 0 Å². The number of carbonyl (C=O) groups is 2. The van der Waals surface area contributed by atoms with Crippen molar-refractivity contribution in [2.45, 2.75) is 405 Å². The van der Waals surface area contributed by atoms with Gasteiger partial charge < -0.3 is 20.3 Å². The first kappa shape index (κ1) is 75.3. The predicted octanol–water partition coefficient (Wildman–Crippen LogP) is 22.5. The van der Waals surface area contributed by atoms with Crippen molar-refractivity contribution in [2.24, 2.45) is 0 Å². The molecule has 0 aliphatic carbocycles. The fourth-order valence-corrected chi connectivity index (χ4v) is 11.1. The molecule has 3 N–H and O–H groups in total. The molecule has 2 unspecified atom stereocenters. The summed E-state index contributed by atoms with van der Waals surface area (Å²) in [6.07, 6.45) is 84.0. The van der Waals surface area contributed by atoms with E-state index in [1.807, 2.05) is 6.08 Å². The van der Waals surface area contributed by atoms with Crippen LogP contribution in [0.1, 0.15) is 393 Å². The molecule has 0 spiro atoms. The number of rotatable bonds is 66. The predicted molar refractivity (Wildman–Crippen MR) is 338 cm³/mol. The molecule has 6 nitrogen and oxygen atoms in total. The number of esters is 1. The minimum absolute atomic E-state index is 0.0110. The normalized spacial score (nSPS) is 12.6. The van der Waals surface area contributed by atoms with Crippen LogP contribution in [-0.4, -0.2) is 47.4 Å². The van der Waals surface area contributed by atoms with Gasteiger partial charge in [0, 0.05) is 12.8 Å². The molecule has 0 saturated carbocycles. The van der Waals surface area contributed by atoms with Gasteiger partial charge in [0.15, 0.2) is 0 Å². The minimum atomic E-state index is -0.843. The van der Waals surface area contributed by atoms with Gasteiger partial charge in [-0.1, -0.05) is 346 Å². The Kier molecular flexibility index (Phi) is 65.4. The summed E-state index contributed by atoms with van der Waals surface area (Å²) in [5.41, 5.74) is 0. The number of amides is 1. The number of nitrogens with one attached hydrogen (secondary N) is 1. The van der Waals surface area contributed by atoms with Crippen LogP contribution < -0.4 is 5.32 Å². The van der Waals surface area contributed by atoms with E-state index in [0.717, 1.165) is 44.9 Å². The molecule has 0 saturated heterocycles. The summed E-state index contributed by atoms with van der Waals surface area (Å²) in [4.78, 5) is 24.6. The number of hydrogen-bond acceptors (Lipinski definition) is 5. The Morgan fingerprint density at radius 2 is 0.610 bits per heavy atom. The third-order valence-corrected chi connectivity index (χ3v) is 16.5. The topological polar surface area (TPSA) is 95.9 Å². The van der Waals surface area contributed by atoms with Gasteiger partial charge in [0.2, 0.25) is 5.91 Å². The van der Waals surface area contributed by atoms with E-state index in [1.165, 1.54) is 321 Å². The first-order chi connectivity index (χ1) is 38.0. The molecule has 0 aliphatic rings. The molecule has 0 aromatic heterocycles. The van der Waals surface area contributed by atoms with Crippen LogP contribution in [0, 0.1) is 0 Å². The van der Waals surface area contributed by atoms with Crippen LogP contribution in [0.3, 0.4) is 0 Å². The Morgan fingerprint density at radius 1 is 0.351 bits per heavy atom. The second-order valence-corrected chi connectivity index (χ2v) is 24.2. The van der Waals surface area contributed by atoms with Gasteiger partial charge in [0.25, 0.3) is 0 Å². The molecule has 6 heteroatoms. The Morgan fingerprint density at radius 3 is 0.922 bits per heavy atom. The molecule has 0 aromatic carbocycles. The number of aliphatic hydroxyl groups is 2. The monoisotopic (exact) mass is 1080 g/mol. The quantitative estimate of drug-likeness (QED) is 0.0320. The smallest absolute Gasteiger partial charge is 0.305 e. The lowest BCUT2D eigenvalue weighted by atomic mass is 10.0. The fourth-order valence-electron chi connectivity index (χ4n) is 11.1. The van der Waals surface area contributed by atoms with E-state index in [4.69, 9.17) is 4.74 Å². The lowest BCUT2D eigenvalue weighted by Crippen LogP contribution is -2.45. The van der Waals surface area contributed by atoms with Crippen molar-refractivity contribution >= 4 is 11.9 Å². The molecule has 77 heavy (non-hydrogen) atoms. The van der Waals surface area contributed by atoms with Crippen LogP contribution in [0.25, 0.3) is 0 Å². The number of ether oxygens (including phenoxy) is 1. The maximum absolute atomic E-state index is 12.5. The third-order valence-electron chi connectivity index (χ3n) is 16.5. The van der Waals surface area contributed by atoms with E-state index in [2.05, 4.69) is 31.3 Å². The average Bonchev–Trinajstić information content (AvgIpc) is 3.43. The Balaban J connectivity index is 3.36. The summed E-state index contributed by atoms with van der Waals surface area (Å²) < 4.78 is 5.50. The first-order valence-corrected chi connectivity index (χ1v) is 35.1. The number of hydrogen-bond donors (Lipinski definition) is 3. The van der Waals surface area contributed by atoms with Crippen molar-refractivity contribution in [2.75, 3.05) is 13.2 Å². The summed E-state index contributed by atoms with van der Waals surface area (Å²) in [7, 11) is 0. The molecular formula is C71H137NO5. The van der Waals surface area contributed by atoms with E-state index < -0.39 is 12.1 Å². The van der Waals surface area contributed by atoms with Crippen molar-refractivity contribution in [3.05, 3.63) is 24.3 Å². The van der Waals surface area contributed by atoms with E-state index in [-0.39, 0.29) is 18.5 Å². The number of carbonyl (C=O) groups excluding carboxylic acids is 2. The van der Waals surface area contributed by atoms with Gasteiger partial charge in [0.05, 0.1) is 25.4 Å². The molecule has 2 atom stereocenters. The SMILES string of the molecule is CCCCCCCCC/C=C\CCCCCCCC(=O)OCCCCCCCCCCCCCCCCCCCCCCCCCCCCCC(=O)NC(CO)C(O)/C=C/CCCCCCCCCCCCCCCCC.